The molecule has 0 spiro atoms. The molecule has 2 heteroatoms. The fourth-order valence-corrected chi connectivity index (χ4v) is 3.52. The smallest absolute Gasteiger partial charge is 0.0200 e. The van der Waals surface area contributed by atoms with Crippen LogP contribution in [0.2, 0.25) is 0 Å². The Morgan fingerprint density at radius 3 is 2.60 bits per heavy atom. The van der Waals surface area contributed by atoms with Gasteiger partial charge in [0.05, 0.1) is 0 Å². The zero-order valence-electron chi connectivity index (χ0n) is 6.71. The van der Waals surface area contributed by atoms with Gasteiger partial charge in [0.2, 0.25) is 0 Å². The lowest BCUT2D eigenvalue weighted by Gasteiger charge is -2.29. The molecule has 10 heavy (non-hydrogen) atoms. The average Bonchev–Trinajstić information content (AvgIpc) is 2.44. The van der Waals surface area contributed by atoms with E-state index in [1.165, 1.54) is 18.7 Å². The number of hydrogen-bond donors (Lipinski definition) is 0. The van der Waals surface area contributed by atoms with Gasteiger partial charge in [-0.2, -0.15) is 11.8 Å². The molecule has 0 saturated carbocycles. The monoisotopic (exact) mass is 157 g/mol. The highest BCUT2D eigenvalue weighted by Crippen LogP contribution is 2.38. The summed E-state index contributed by atoms with van der Waals surface area (Å²) in [6, 6.07) is 1.70. The fraction of sp³-hybridized carbons (Fsp3) is 1.00. The van der Waals surface area contributed by atoms with E-state index in [1.54, 1.807) is 0 Å². The molecular weight excluding hydrogens is 142 g/mol. The van der Waals surface area contributed by atoms with Crippen LogP contribution in [0.1, 0.15) is 20.3 Å². The van der Waals surface area contributed by atoms with E-state index in [0.717, 1.165) is 17.3 Å². The molecule has 0 amide bonds. The fourth-order valence-electron chi connectivity index (χ4n) is 2.06. The highest BCUT2D eigenvalue weighted by atomic mass is 32.2. The van der Waals surface area contributed by atoms with Crippen molar-refractivity contribution in [3.8, 4) is 0 Å². The SMILES string of the molecule is CC(C)N1C[C@@H]2C[C@H]1CS2. The number of nitrogens with zero attached hydrogens (tertiary/aromatic N) is 1. The Hall–Kier alpha value is 0.310. The van der Waals surface area contributed by atoms with E-state index in [4.69, 9.17) is 0 Å². The maximum atomic E-state index is 2.65. The van der Waals surface area contributed by atoms with Gasteiger partial charge in [-0.05, 0) is 20.3 Å². The van der Waals surface area contributed by atoms with Crippen LogP contribution in [0.25, 0.3) is 0 Å². The first-order chi connectivity index (χ1) is 4.77. The van der Waals surface area contributed by atoms with Crippen molar-refractivity contribution >= 4 is 11.8 Å². The summed E-state index contributed by atoms with van der Waals surface area (Å²) in [5, 5.41) is 0.979. The topological polar surface area (TPSA) is 3.24 Å². The Morgan fingerprint density at radius 1 is 1.50 bits per heavy atom. The summed E-state index contributed by atoms with van der Waals surface area (Å²) in [5.74, 6) is 1.39. The zero-order valence-corrected chi connectivity index (χ0v) is 7.53. The van der Waals surface area contributed by atoms with Crippen molar-refractivity contribution in [2.24, 2.45) is 0 Å². The van der Waals surface area contributed by atoms with E-state index in [1.807, 2.05) is 0 Å². The molecular formula is C8H15NS. The van der Waals surface area contributed by atoms with Crippen molar-refractivity contribution in [2.75, 3.05) is 12.3 Å². The van der Waals surface area contributed by atoms with Crippen molar-refractivity contribution < 1.29 is 0 Å². The van der Waals surface area contributed by atoms with Crippen LogP contribution < -0.4 is 0 Å². The quantitative estimate of drug-likeness (QED) is 0.568. The van der Waals surface area contributed by atoms with Crippen molar-refractivity contribution in [2.45, 2.75) is 37.6 Å². The molecule has 2 atom stereocenters. The lowest BCUT2D eigenvalue weighted by molar-refractivity contribution is 0.217. The maximum absolute atomic E-state index is 2.65. The minimum absolute atomic E-state index is 0.774. The third-order valence-electron chi connectivity index (χ3n) is 2.61. The zero-order chi connectivity index (χ0) is 7.14. The third-order valence-corrected chi connectivity index (χ3v) is 4.00. The summed E-state index contributed by atoms with van der Waals surface area (Å²) in [5.41, 5.74) is 0. The highest BCUT2D eigenvalue weighted by molar-refractivity contribution is 8.00. The minimum Gasteiger partial charge on any atom is -0.296 e. The number of thioether (sulfide) groups is 1. The van der Waals surface area contributed by atoms with Crippen LogP contribution in [0.15, 0.2) is 0 Å². The van der Waals surface area contributed by atoms with Gasteiger partial charge in [0.25, 0.3) is 0 Å². The minimum atomic E-state index is 0.774. The lowest BCUT2D eigenvalue weighted by Crippen LogP contribution is -2.39. The Balaban J connectivity index is 2.02. The Labute approximate surface area is 67.2 Å². The standard InChI is InChI=1S/C8H15NS/c1-6(2)9-4-8-3-7(9)5-10-8/h6-8H,3-5H2,1-2H3/t7-,8-/m0/s1. The molecule has 58 valence electrons. The van der Waals surface area contributed by atoms with E-state index in [9.17, 15) is 0 Å². The van der Waals surface area contributed by atoms with Gasteiger partial charge >= 0.3 is 0 Å². The first-order valence-electron chi connectivity index (χ1n) is 4.14. The molecule has 2 bridgehead atoms. The van der Waals surface area contributed by atoms with Crippen molar-refractivity contribution in [1.29, 1.82) is 0 Å². The summed E-state index contributed by atoms with van der Waals surface area (Å²) >= 11 is 2.17. The van der Waals surface area contributed by atoms with Gasteiger partial charge in [-0.15, -0.1) is 0 Å². The van der Waals surface area contributed by atoms with Crippen LogP contribution in [0, 0.1) is 0 Å². The second-order valence-electron chi connectivity index (χ2n) is 3.64. The summed E-state index contributed by atoms with van der Waals surface area (Å²) in [7, 11) is 0. The first kappa shape index (κ1) is 6.99. The van der Waals surface area contributed by atoms with Crippen LogP contribution in [-0.4, -0.2) is 34.5 Å². The summed E-state index contributed by atoms with van der Waals surface area (Å²) in [6.07, 6.45) is 1.46. The lowest BCUT2D eigenvalue weighted by atomic mass is 10.2. The van der Waals surface area contributed by atoms with Crippen LogP contribution in [0.3, 0.4) is 0 Å². The number of rotatable bonds is 1. The predicted molar refractivity (Wildman–Crippen MR) is 46.5 cm³/mol. The highest BCUT2D eigenvalue weighted by Gasteiger charge is 2.39. The molecule has 2 saturated heterocycles. The molecule has 1 nitrogen and oxygen atoms in total. The van der Waals surface area contributed by atoms with Gasteiger partial charge in [-0.3, -0.25) is 4.90 Å². The average molecular weight is 157 g/mol. The molecule has 0 radical (unpaired) electrons. The van der Waals surface area contributed by atoms with Gasteiger partial charge in [-0.1, -0.05) is 0 Å². The van der Waals surface area contributed by atoms with Gasteiger partial charge in [0.15, 0.2) is 0 Å². The molecule has 0 N–H and O–H groups in total. The third kappa shape index (κ3) is 0.978. The van der Waals surface area contributed by atoms with Gasteiger partial charge in [0, 0.05) is 29.6 Å². The Bertz CT molecular complexity index is 135. The second kappa shape index (κ2) is 2.42. The van der Waals surface area contributed by atoms with E-state index in [0.29, 0.717) is 0 Å². The molecule has 2 fully saturated rings. The summed E-state index contributed by atoms with van der Waals surface area (Å²) in [4.78, 5) is 2.65. The predicted octanol–water partition coefficient (Wildman–Crippen LogP) is 1.58. The maximum Gasteiger partial charge on any atom is 0.0200 e. The van der Waals surface area contributed by atoms with Crippen LogP contribution in [0.5, 0.6) is 0 Å². The molecule has 2 aliphatic rings. The summed E-state index contributed by atoms with van der Waals surface area (Å²) in [6.45, 7) is 5.98. The molecule has 2 aliphatic heterocycles. The largest absolute Gasteiger partial charge is 0.296 e. The van der Waals surface area contributed by atoms with E-state index in [2.05, 4.69) is 30.5 Å². The Kier molecular flexibility index (Phi) is 1.69. The van der Waals surface area contributed by atoms with Crippen LogP contribution in [0.4, 0.5) is 0 Å². The van der Waals surface area contributed by atoms with E-state index < -0.39 is 0 Å². The van der Waals surface area contributed by atoms with Gasteiger partial charge in [-0.25, -0.2) is 0 Å². The molecule has 0 aromatic heterocycles. The first-order valence-corrected chi connectivity index (χ1v) is 5.19. The van der Waals surface area contributed by atoms with Crippen LogP contribution in [-0.2, 0) is 0 Å². The molecule has 2 heterocycles. The molecule has 0 aromatic rings. The normalized spacial score (nSPS) is 39.9. The van der Waals surface area contributed by atoms with Crippen molar-refractivity contribution in [3.05, 3.63) is 0 Å². The molecule has 0 aromatic carbocycles. The molecule has 2 rings (SSSR count). The summed E-state index contributed by atoms with van der Waals surface area (Å²) < 4.78 is 0. The van der Waals surface area contributed by atoms with Gasteiger partial charge in [0.1, 0.15) is 0 Å². The Morgan fingerprint density at radius 2 is 2.30 bits per heavy atom. The van der Waals surface area contributed by atoms with Crippen LogP contribution >= 0.6 is 11.8 Å². The molecule has 0 unspecified atom stereocenters. The van der Waals surface area contributed by atoms with Crippen molar-refractivity contribution in [1.82, 2.24) is 4.90 Å². The van der Waals surface area contributed by atoms with Crippen molar-refractivity contribution in [3.63, 3.8) is 0 Å². The number of fused-ring (bicyclic) bond motifs is 2. The molecule has 0 aliphatic carbocycles. The van der Waals surface area contributed by atoms with Gasteiger partial charge < -0.3 is 0 Å². The second-order valence-corrected chi connectivity index (χ2v) is 4.97. The van der Waals surface area contributed by atoms with E-state index in [-0.39, 0.29) is 0 Å². The number of hydrogen-bond acceptors (Lipinski definition) is 2. The number of likely N-dealkylation sites (tertiary alicyclic amines) is 1. The van der Waals surface area contributed by atoms with E-state index >= 15 is 0 Å².